The fraction of sp³-hybridized carbons (Fsp3) is 0.250. The van der Waals surface area contributed by atoms with E-state index in [1.54, 1.807) is 6.20 Å². The lowest BCUT2D eigenvalue weighted by Gasteiger charge is -2.28. The van der Waals surface area contributed by atoms with E-state index in [0.717, 1.165) is 35.8 Å². The molecule has 1 aliphatic heterocycles. The van der Waals surface area contributed by atoms with Gasteiger partial charge in [-0.2, -0.15) is 5.10 Å². The number of carbonyl (C=O) groups is 1. The molecule has 2 aromatic carbocycles. The summed E-state index contributed by atoms with van der Waals surface area (Å²) in [6.07, 6.45) is 4.86. The molecule has 6 nitrogen and oxygen atoms in total. The molecule has 0 aliphatic carbocycles. The van der Waals surface area contributed by atoms with Crippen molar-refractivity contribution in [2.75, 3.05) is 13.1 Å². The summed E-state index contributed by atoms with van der Waals surface area (Å²) in [5.74, 6) is -0.137. The molecule has 2 aromatic heterocycles. The van der Waals surface area contributed by atoms with E-state index in [1.165, 1.54) is 28.0 Å². The van der Waals surface area contributed by atoms with E-state index in [1.807, 2.05) is 34.3 Å². The SMILES string of the molecule is C/C(=C\c1ccccc1)CN1CCc2c(c(C(=O)NCc3nccs3)nn2Cc2ccccc2)C1. The van der Waals surface area contributed by atoms with Crippen molar-refractivity contribution >= 4 is 23.3 Å². The van der Waals surface area contributed by atoms with Crippen molar-refractivity contribution in [3.63, 3.8) is 0 Å². The van der Waals surface area contributed by atoms with E-state index in [9.17, 15) is 4.79 Å². The van der Waals surface area contributed by atoms with Crippen molar-refractivity contribution in [3.8, 4) is 0 Å². The Bertz CT molecular complexity index is 1300. The van der Waals surface area contributed by atoms with Crippen LogP contribution in [0.25, 0.3) is 6.08 Å². The maximum absolute atomic E-state index is 13.2. The summed E-state index contributed by atoms with van der Waals surface area (Å²) < 4.78 is 2.02. The van der Waals surface area contributed by atoms with Crippen molar-refractivity contribution in [1.82, 2.24) is 25.0 Å². The number of hydrogen-bond donors (Lipinski definition) is 1. The van der Waals surface area contributed by atoms with Crippen molar-refractivity contribution in [2.45, 2.75) is 33.0 Å². The lowest BCUT2D eigenvalue weighted by molar-refractivity contribution is 0.0943. The number of benzene rings is 2. The van der Waals surface area contributed by atoms with Gasteiger partial charge in [-0.05, 0) is 18.1 Å². The smallest absolute Gasteiger partial charge is 0.272 e. The average Bonchev–Trinajstić information content (AvgIpc) is 3.52. The highest BCUT2D eigenvalue weighted by atomic mass is 32.1. The Labute approximate surface area is 209 Å². The number of aromatic nitrogens is 3. The van der Waals surface area contributed by atoms with Gasteiger partial charge in [0.05, 0.1) is 13.1 Å². The highest BCUT2D eigenvalue weighted by Crippen LogP contribution is 2.25. The van der Waals surface area contributed by atoms with Gasteiger partial charge in [0.1, 0.15) is 5.01 Å². The summed E-state index contributed by atoms with van der Waals surface area (Å²) in [5, 5.41) is 10.6. The number of nitrogens with zero attached hydrogens (tertiary/aromatic N) is 4. The van der Waals surface area contributed by atoms with E-state index in [4.69, 9.17) is 5.10 Å². The maximum Gasteiger partial charge on any atom is 0.272 e. The third-order valence-electron chi connectivity index (χ3n) is 6.17. The van der Waals surface area contributed by atoms with E-state index in [2.05, 4.69) is 64.6 Å². The molecule has 0 bridgehead atoms. The first kappa shape index (κ1) is 23.2. The minimum atomic E-state index is -0.137. The van der Waals surface area contributed by atoms with Crippen LogP contribution < -0.4 is 5.32 Å². The molecule has 1 N–H and O–H groups in total. The first-order valence-corrected chi connectivity index (χ1v) is 12.8. The van der Waals surface area contributed by atoms with Gasteiger partial charge in [0.15, 0.2) is 5.69 Å². The van der Waals surface area contributed by atoms with Crippen molar-refractivity contribution in [3.05, 3.63) is 111 Å². The van der Waals surface area contributed by atoms with Gasteiger partial charge < -0.3 is 5.32 Å². The van der Waals surface area contributed by atoms with Crippen LogP contribution in [-0.4, -0.2) is 38.7 Å². The van der Waals surface area contributed by atoms with Crippen LogP contribution in [0.2, 0.25) is 0 Å². The molecule has 5 rings (SSSR count). The lowest BCUT2D eigenvalue weighted by atomic mass is 10.0. The molecule has 1 aliphatic rings. The molecule has 0 unspecified atom stereocenters. The molecular weight excluding hydrogens is 454 g/mol. The summed E-state index contributed by atoms with van der Waals surface area (Å²) in [5.41, 5.74) is 6.41. The summed E-state index contributed by atoms with van der Waals surface area (Å²) >= 11 is 1.54. The van der Waals surface area contributed by atoms with Crippen molar-refractivity contribution in [2.24, 2.45) is 0 Å². The molecule has 0 saturated carbocycles. The Balaban J connectivity index is 1.37. The minimum Gasteiger partial charge on any atom is -0.344 e. The zero-order chi connectivity index (χ0) is 24.0. The maximum atomic E-state index is 13.2. The van der Waals surface area contributed by atoms with E-state index < -0.39 is 0 Å². The number of thiazole rings is 1. The number of amides is 1. The normalized spacial score (nSPS) is 14.0. The van der Waals surface area contributed by atoms with Gasteiger partial charge in [0.25, 0.3) is 5.91 Å². The Hall–Kier alpha value is -3.55. The van der Waals surface area contributed by atoms with Crippen LogP contribution in [0.1, 0.15) is 44.8 Å². The zero-order valence-electron chi connectivity index (χ0n) is 19.9. The van der Waals surface area contributed by atoms with E-state index in [-0.39, 0.29) is 5.91 Å². The Kier molecular flexibility index (Phi) is 7.16. The third-order valence-corrected chi connectivity index (χ3v) is 6.95. The molecule has 178 valence electrons. The van der Waals surface area contributed by atoms with Crippen LogP contribution in [-0.2, 0) is 26.1 Å². The minimum absolute atomic E-state index is 0.137. The van der Waals surface area contributed by atoms with Gasteiger partial charge in [-0.25, -0.2) is 4.98 Å². The van der Waals surface area contributed by atoms with Crippen LogP contribution in [0.15, 0.2) is 77.8 Å². The average molecular weight is 484 g/mol. The molecule has 0 fully saturated rings. The van der Waals surface area contributed by atoms with E-state index in [0.29, 0.717) is 25.3 Å². The highest BCUT2D eigenvalue weighted by Gasteiger charge is 2.28. The Morgan fingerprint density at radius 2 is 1.89 bits per heavy atom. The quantitative estimate of drug-likeness (QED) is 0.392. The summed E-state index contributed by atoms with van der Waals surface area (Å²) in [7, 11) is 0. The number of hydrogen-bond acceptors (Lipinski definition) is 5. The summed E-state index contributed by atoms with van der Waals surface area (Å²) in [6.45, 7) is 5.76. The number of fused-ring (bicyclic) bond motifs is 1. The molecule has 35 heavy (non-hydrogen) atoms. The largest absolute Gasteiger partial charge is 0.344 e. The molecule has 0 spiro atoms. The van der Waals surface area contributed by atoms with Crippen LogP contribution in [0.5, 0.6) is 0 Å². The van der Waals surface area contributed by atoms with Gasteiger partial charge in [-0.1, -0.05) is 72.3 Å². The van der Waals surface area contributed by atoms with Gasteiger partial charge in [-0.3, -0.25) is 14.4 Å². The second kappa shape index (κ2) is 10.8. The molecule has 1 amide bonds. The van der Waals surface area contributed by atoms with E-state index >= 15 is 0 Å². The zero-order valence-corrected chi connectivity index (χ0v) is 20.7. The fourth-order valence-corrected chi connectivity index (χ4v) is 5.12. The Morgan fingerprint density at radius 3 is 2.63 bits per heavy atom. The molecular formula is C28H29N5OS. The lowest BCUT2D eigenvalue weighted by Crippen LogP contribution is -2.33. The number of nitrogens with one attached hydrogen (secondary N) is 1. The molecule has 4 aromatic rings. The molecule has 7 heteroatoms. The first-order chi connectivity index (χ1) is 17.2. The highest BCUT2D eigenvalue weighted by molar-refractivity contribution is 7.09. The van der Waals surface area contributed by atoms with Crippen LogP contribution >= 0.6 is 11.3 Å². The number of carbonyl (C=O) groups excluding carboxylic acids is 1. The van der Waals surface area contributed by atoms with Crippen LogP contribution in [0, 0.1) is 0 Å². The van der Waals surface area contributed by atoms with Gasteiger partial charge in [0.2, 0.25) is 0 Å². The predicted octanol–water partition coefficient (Wildman–Crippen LogP) is 4.78. The van der Waals surface area contributed by atoms with Crippen molar-refractivity contribution in [1.29, 1.82) is 0 Å². The van der Waals surface area contributed by atoms with Gasteiger partial charge in [-0.15, -0.1) is 11.3 Å². The first-order valence-electron chi connectivity index (χ1n) is 11.9. The molecule has 0 atom stereocenters. The summed E-state index contributed by atoms with van der Waals surface area (Å²) in [4.78, 5) is 19.9. The molecule has 3 heterocycles. The predicted molar refractivity (Wildman–Crippen MR) is 140 cm³/mol. The molecule has 0 radical (unpaired) electrons. The van der Waals surface area contributed by atoms with Crippen molar-refractivity contribution < 1.29 is 4.79 Å². The van der Waals surface area contributed by atoms with Crippen LogP contribution in [0.4, 0.5) is 0 Å². The molecule has 0 saturated heterocycles. The second-order valence-electron chi connectivity index (χ2n) is 8.89. The van der Waals surface area contributed by atoms with Gasteiger partial charge in [0, 0.05) is 48.9 Å². The third kappa shape index (κ3) is 5.75. The van der Waals surface area contributed by atoms with Crippen LogP contribution in [0.3, 0.4) is 0 Å². The Morgan fingerprint density at radius 1 is 1.11 bits per heavy atom. The summed E-state index contributed by atoms with van der Waals surface area (Å²) in [6, 6.07) is 20.7. The standard InChI is InChI=1S/C28H29N5OS/c1-21(16-22-8-4-2-5-9-22)18-32-14-12-25-24(20-32)27(28(34)30-17-26-29-13-15-35-26)31-33(25)19-23-10-6-3-7-11-23/h2-11,13,15-16H,12,14,17-20H2,1H3,(H,30,34)/b21-16+. The second-order valence-corrected chi connectivity index (χ2v) is 9.87. The number of rotatable bonds is 8. The van der Waals surface area contributed by atoms with Gasteiger partial charge >= 0.3 is 0 Å². The fourth-order valence-electron chi connectivity index (χ4n) is 4.56. The monoisotopic (exact) mass is 483 g/mol. The topological polar surface area (TPSA) is 63.1 Å².